The summed E-state index contributed by atoms with van der Waals surface area (Å²) < 4.78 is 1.80. The van der Waals surface area contributed by atoms with Crippen molar-refractivity contribution in [3.05, 3.63) is 46.0 Å². The SMILES string of the molecule is N#Cc1c(N2CC[C@@H](n3cncn3)C2)c2cc(Cl)ncc2[nH]c1=O. The summed E-state index contributed by atoms with van der Waals surface area (Å²) in [6, 6.07) is 3.83. The molecule has 1 atom stereocenters. The Hall–Kier alpha value is -2.92. The average Bonchev–Trinajstić information content (AvgIpc) is 3.25. The largest absolute Gasteiger partial charge is 0.368 e. The van der Waals surface area contributed by atoms with Crippen LogP contribution in [0.2, 0.25) is 5.15 Å². The van der Waals surface area contributed by atoms with Gasteiger partial charge in [0.1, 0.15) is 29.4 Å². The van der Waals surface area contributed by atoms with Gasteiger partial charge in [-0.15, -0.1) is 0 Å². The molecule has 0 unspecified atom stereocenters. The smallest absolute Gasteiger partial charge is 0.268 e. The summed E-state index contributed by atoms with van der Waals surface area (Å²) in [5, 5.41) is 14.7. The molecule has 0 amide bonds. The van der Waals surface area contributed by atoms with Crippen LogP contribution in [0.5, 0.6) is 0 Å². The Balaban J connectivity index is 1.85. The molecule has 0 bridgehead atoms. The number of hydrogen-bond acceptors (Lipinski definition) is 6. The van der Waals surface area contributed by atoms with E-state index in [-0.39, 0.29) is 11.6 Å². The molecule has 4 heterocycles. The van der Waals surface area contributed by atoms with E-state index in [1.807, 2.05) is 11.0 Å². The molecule has 24 heavy (non-hydrogen) atoms. The summed E-state index contributed by atoms with van der Waals surface area (Å²) in [5.74, 6) is 0. The lowest BCUT2D eigenvalue weighted by atomic mass is 10.1. The van der Waals surface area contributed by atoms with Crippen LogP contribution in [0, 0.1) is 11.3 Å². The van der Waals surface area contributed by atoms with Gasteiger partial charge in [-0.1, -0.05) is 11.6 Å². The van der Waals surface area contributed by atoms with E-state index < -0.39 is 5.56 Å². The first-order valence-corrected chi connectivity index (χ1v) is 7.76. The third kappa shape index (κ3) is 2.30. The predicted octanol–water partition coefficient (Wildman–Crippen LogP) is 1.49. The van der Waals surface area contributed by atoms with Gasteiger partial charge in [-0.3, -0.25) is 4.79 Å². The van der Waals surface area contributed by atoms with Crippen LogP contribution in [0.1, 0.15) is 18.0 Å². The summed E-state index contributed by atoms with van der Waals surface area (Å²) in [6.45, 7) is 1.34. The van der Waals surface area contributed by atoms with Crippen molar-refractivity contribution >= 4 is 28.2 Å². The minimum Gasteiger partial charge on any atom is -0.368 e. The molecule has 8 nitrogen and oxygen atoms in total. The van der Waals surface area contributed by atoms with Gasteiger partial charge >= 0.3 is 0 Å². The summed E-state index contributed by atoms with van der Waals surface area (Å²) in [6.07, 6.45) is 5.53. The van der Waals surface area contributed by atoms with Crippen molar-refractivity contribution in [1.29, 1.82) is 5.26 Å². The molecular weight excluding hydrogens is 330 g/mol. The van der Waals surface area contributed by atoms with Crippen LogP contribution in [0.4, 0.5) is 5.69 Å². The highest BCUT2D eigenvalue weighted by atomic mass is 35.5. The van der Waals surface area contributed by atoms with E-state index in [9.17, 15) is 10.1 Å². The van der Waals surface area contributed by atoms with Gasteiger partial charge in [-0.2, -0.15) is 10.4 Å². The summed E-state index contributed by atoms with van der Waals surface area (Å²) in [7, 11) is 0. The Kier molecular flexibility index (Phi) is 3.43. The fourth-order valence-electron chi connectivity index (χ4n) is 3.15. The van der Waals surface area contributed by atoms with Gasteiger partial charge in [0, 0.05) is 18.5 Å². The van der Waals surface area contributed by atoms with Crippen LogP contribution < -0.4 is 10.5 Å². The number of pyridine rings is 2. The van der Waals surface area contributed by atoms with Gasteiger partial charge in [0.2, 0.25) is 0 Å². The summed E-state index contributed by atoms with van der Waals surface area (Å²) in [5.41, 5.74) is 0.822. The number of nitrogens with one attached hydrogen (secondary N) is 1. The fourth-order valence-corrected chi connectivity index (χ4v) is 3.31. The van der Waals surface area contributed by atoms with Gasteiger partial charge in [0.25, 0.3) is 5.56 Å². The second-order valence-electron chi connectivity index (χ2n) is 5.61. The van der Waals surface area contributed by atoms with Crippen molar-refractivity contribution in [2.75, 3.05) is 18.0 Å². The van der Waals surface area contributed by atoms with Crippen LogP contribution in [0.15, 0.2) is 29.7 Å². The third-order valence-electron chi connectivity index (χ3n) is 4.24. The quantitative estimate of drug-likeness (QED) is 0.708. The molecule has 1 N–H and O–H groups in total. The van der Waals surface area contributed by atoms with Crippen molar-refractivity contribution in [1.82, 2.24) is 24.7 Å². The second-order valence-corrected chi connectivity index (χ2v) is 5.99. The molecule has 1 aliphatic heterocycles. The lowest BCUT2D eigenvalue weighted by Gasteiger charge is -2.21. The number of aromatic nitrogens is 5. The maximum Gasteiger partial charge on any atom is 0.268 e. The van der Waals surface area contributed by atoms with E-state index in [0.717, 1.165) is 6.42 Å². The highest BCUT2D eigenvalue weighted by Gasteiger charge is 2.28. The maximum absolute atomic E-state index is 12.2. The second kappa shape index (κ2) is 5.62. The zero-order valence-electron chi connectivity index (χ0n) is 12.5. The van der Waals surface area contributed by atoms with Crippen molar-refractivity contribution in [3.8, 4) is 6.07 Å². The number of anilines is 1. The van der Waals surface area contributed by atoms with Crippen LogP contribution in [0.25, 0.3) is 10.9 Å². The maximum atomic E-state index is 12.2. The first-order valence-electron chi connectivity index (χ1n) is 7.38. The van der Waals surface area contributed by atoms with E-state index >= 15 is 0 Å². The molecule has 0 radical (unpaired) electrons. The standard InChI is InChI=1S/C15H12ClN7O/c16-13-3-10-12(5-19-13)21-15(24)11(4-17)14(10)22-2-1-9(6-22)23-8-18-7-20-23/h3,5,7-9H,1-2,6H2,(H,21,24)/t9-/m1/s1. The number of nitriles is 1. The molecule has 9 heteroatoms. The molecule has 0 spiro atoms. The Labute approximate surface area is 141 Å². The van der Waals surface area contributed by atoms with Gasteiger partial charge in [-0.25, -0.2) is 14.6 Å². The molecule has 1 fully saturated rings. The lowest BCUT2D eigenvalue weighted by Crippen LogP contribution is -2.25. The Bertz CT molecular complexity index is 1010. The third-order valence-corrected chi connectivity index (χ3v) is 4.45. The minimum atomic E-state index is -0.423. The van der Waals surface area contributed by atoms with E-state index in [0.29, 0.717) is 34.8 Å². The van der Waals surface area contributed by atoms with Crippen molar-refractivity contribution in [2.24, 2.45) is 0 Å². The Morgan fingerprint density at radius 3 is 3.08 bits per heavy atom. The topological polar surface area (TPSA) is 103 Å². The molecule has 4 rings (SSSR count). The fraction of sp³-hybridized carbons (Fsp3) is 0.267. The molecule has 0 aromatic carbocycles. The molecule has 3 aromatic heterocycles. The van der Waals surface area contributed by atoms with Crippen molar-refractivity contribution in [2.45, 2.75) is 12.5 Å². The molecule has 1 saturated heterocycles. The number of hydrogen-bond donors (Lipinski definition) is 1. The van der Waals surface area contributed by atoms with Crippen molar-refractivity contribution in [3.63, 3.8) is 0 Å². The highest BCUT2D eigenvalue weighted by Crippen LogP contribution is 2.33. The van der Waals surface area contributed by atoms with Gasteiger partial charge in [0.15, 0.2) is 0 Å². The Morgan fingerprint density at radius 2 is 2.33 bits per heavy atom. The highest BCUT2D eigenvalue weighted by molar-refractivity contribution is 6.30. The van der Waals surface area contributed by atoms with Gasteiger partial charge < -0.3 is 9.88 Å². The molecule has 0 saturated carbocycles. The van der Waals surface area contributed by atoms with E-state index in [1.54, 1.807) is 17.1 Å². The molecule has 1 aliphatic rings. The van der Waals surface area contributed by atoms with Crippen LogP contribution in [-0.2, 0) is 0 Å². The zero-order chi connectivity index (χ0) is 16.7. The van der Waals surface area contributed by atoms with E-state index in [2.05, 4.69) is 20.1 Å². The Morgan fingerprint density at radius 1 is 1.46 bits per heavy atom. The predicted molar refractivity (Wildman–Crippen MR) is 88.0 cm³/mol. The number of aromatic amines is 1. The first-order chi connectivity index (χ1) is 11.7. The summed E-state index contributed by atoms with van der Waals surface area (Å²) >= 11 is 6.02. The van der Waals surface area contributed by atoms with Crippen LogP contribution in [-0.4, -0.2) is 37.8 Å². The zero-order valence-corrected chi connectivity index (χ0v) is 13.2. The lowest BCUT2D eigenvalue weighted by molar-refractivity contribution is 0.493. The number of rotatable bonds is 2. The number of nitrogens with zero attached hydrogens (tertiary/aromatic N) is 6. The minimum absolute atomic E-state index is 0.0870. The normalized spacial score (nSPS) is 17.3. The molecule has 120 valence electrons. The van der Waals surface area contributed by atoms with Gasteiger partial charge in [0.05, 0.1) is 23.4 Å². The average molecular weight is 342 g/mol. The van der Waals surface area contributed by atoms with Crippen molar-refractivity contribution < 1.29 is 0 Å². The first kappa shape index (κ1) is 14.7. The molecular formula is C15H12ClN7O. The molecule has 3 aromatic rings. The summed E-state index contributed by atoms with van der Waals surface area (Å²) in [4.78, 5) is 24.9. The van der Waals surface area contributed by atoms with Gasteiger partial charge in [-0.05, 0) is 12.5 Å². The number of halogens is 1. The van der Waals surface area contributed by atoms with E-state index in [1.165, 1.54) is 12.5 Å². The number of H-pyrrole nitrogens is 1. The monoisotopic (exact) mass is 341 g/mol. The van der Waals surface area contributed by atoms with Crippen LogP contribution in [0.3, 0.4) is 0 Å². The van der Waals surface area contributed by atoms with E-state index in [4.69, 9.17) is 11.6 Å². The molecule has 0 aliphatic carbocycles. The van der Waals surface area contributed by atoms with Crippen LogP contribution >= 0.6 is 11.6 Å². The number of fused-ring (bicyclic) bond motifs is 1.